The van der Waals surface area contributed by atoms with Crippen molar-refractivity contribution in [3.63, 3.8) is 0 Å². The molecule has 7 heteroatoms. The highest BCUT2D eigenvalue weighted by Crippen LogP contribution is 2.40. The highest BCUT2D eigenvalue weighted by molar-refractivity contribution is 7.11. The standard InChI is InChI=1S/C22H18N2O4S/c1-27-15-10-11-16(17(13-15)28-2)24-21(25)19(18-9-6-12-29-18)20(22(24)26)23-14-7-4-3-5-8-14/h3-13,23H,1-2H3. The van der Waals surface area contributed by atoms with Gasteiger partial charge in [-0.05, 0) is 35.7 Å². The van der Waals surface area contributed by atoms with Crippen molar-refractivity contribution in [3.05, 3.63) is 76.6 Å². The summed E-state index contributed by atoms with van der Waals surface area (Å²) < 4.78 is 10.6. The van der Waals surface area contributed by atoms with Crippen LogP contribution in [0.15, 0.2) is 71.7 Å². The lowest BCUT2D eigenvalue weighted by atomic mass is 10.2. The van der Waals surface area contributed by atoms with Gasteiger partial charge in [0.15, 0.2) is 0 Å². The van der Waals surface area contributed by atoms with Crippen LogP contribution >= 0.6 is 11.3 Å². The maximum absolute atomic E-state index is 13.4. The lowest BCUT2D eigenvalue weighted by Gasteiger charge is -2.19. The molecule has 1 aliphatic rings. The molecule has 2 amide bonds. The van der Waals surface area contributed by atoms with Crippen LogP contribution in [-0.4, -0.2) is 26.0 Å². The number of thiophene rings is 1. The molecule has 0 spiro atoms. The van der Waals surface area contributed by atoms with Crippen LogP contribution in [0.4, 0.5) is 11.4 Å². The quantitative estimate of drug-likeness (QED) is 0.623. The van der Waals surface area contributed by atoms with E-state index < -0.39 is 11.8 Å². The molecule has 0 atom stereocenters. The van der Waals surface area contributed by atoms with Gasteiger partial charge in [-0.15, -0.1) is 11.3 Å². The summed E-state index contributed by atoms with van der Waals surface area (Å²) in [6.07, 6.45) is 0. The molecule has 0 saturated heterocycles. The summed E-state index contributed by atoms with van der Waals surface area (Å²) in [6.45, 7) is 0. The average molecular weight is 406 g/mol. The molecular formula is C22H18N2O4S. The Morgan fingerprint density at radius 3 is 2.34 bits per heavy atom. The van der Waals surface area contributed by atoms with Crippen molar-refractivity contribution >= 4 is 40.1 Å². The first-order valence-corrected chi connectivity index (χ1v) is 9.73. The number of hydrogen-bond acceptors (Lipinski definition) is 6. The number of anilines is 2. The maximum Gasteiger partial charge on any atom is 0.282 e. The lowest BCUT2D eigenvalue weighted by Crippen LogP contribution is -2.32. The Morgan fingerprint density at radius 2 is 1.69 bits per heavy atom. The number of para-hydroxylation sites is 1. The van der Waals surface area contributed by atoms with Crippen molar-refractivity contribution in [1.82, 2.24) is 0 Å². The molecule has 29 heavy (non-hydrogen) atoms. The lowest BCUT2D eigenvalue weighted by molar-refractivity contribution is -0.120. The summed E-state index contributed by atoms with van der Waals surface area (Å²) in [5.74, 6) is 0.0985. The van der Waals surface area contributed by atoms with Crippen LogP contribution in [-0.2, 0) is 9.59 Å². The van der Waals surface area contributed by atoms with E-state index in [-0.39, 0.29) is 5.70 Å². The second-order valence-corrected chi connectivity index (χ2v) is 7.15. The third-order valence-electron chi connectivity index (χ3n) is 4.52. The number of methoxy groups -OCH3 is 2. The van der Waals surface area contributed by atoms with Crippen LogP contribution in [0.5, 0.6) is 11.5 Å². The second kappa shape index (κ2) is 7.81. The zero-order chi connectivity index (χ0) is 20.4. The fourth-order valence-electron chi connectivity index (χ4n) is 3.15. The molecule has 1 aromatic heterocycles. The van der Waals surface area contributed by atoms with Crippen LogP contribution in [0, 0.1) is 0 Å². The predicted octanol–water partition coefficient (Wildman–Crippen LogP) is 4.16. The van der Waals surface area contributed by atoms with Gasteiger partial charge in [-0.2, -0.15) is 0 Å². The minimum absolute atomic E-state index is 0.238. The van der Waals surface area contributed by atoms with Gasteiger partial charge in [0, 0.05) is 16.6 Å². The smallest absolute Gasteiger partial charge is 0.282 e. The van der Waals surface area contributed by atoms with Crippen molar-refractivity contribution in [2.45, 2.75) is 0 Å². The molecule has 1 aliphatic heterocycles. The summed E-state index contributed by atoms with van der Waals surface area (Å²) in [4.78, 5) is 28.6. The molecule has 1 N–H and O–H groups in total. The number of nitrogens with one attached hydrogen (secondary N) is 1. The Kier molecular flexibility index (Phi) is 5.05. The van der Waals surface area contributed by atoms with Crippen LogP contribution in [0.2, 0.25) is 0 Å². The van der Waals surface area contributed by atoms with E-state index in [1.165, 1.54) is 18.4 Å². The highest BCUT2D eigenvalue weighted by atomic mass is 32.1. The van der Waals surface area contributed by atoms with Crippen LogP contribution in [0.25, 0.3) is 5.57 Å². The Labute approximate surface area is 172 Å². The van der Waals surface area contributed by atoms with E-state index in [1.54, 1.807) is 25.3 Å². The van der Waals surface area contributed by atoms with E-state index in [0.717, 1.165) is 15.5 Å². The van der Waals surface area contributed by atoms with Crippen LogP contribution < -0.4 is 19.7 Å². The van der Waals surface area contributed by atoms with Gasteiger partial charge in [0.1, 0.15) is 17.2 Å². The monoisotopic (exact) mass is 406 g/mol. The minimum Gasteiger partial charge on any atom is -0.497 e. The van der Waals surface area contributed by atoms with E-state index >= 15 is 0 Å². The minimum atomic E-state index is -0.439. The van der Waals surface area contributed by atoms with Crippen molar-refractivity contribution < 1.29 is 19.1 Å². The third kappa shape index (κ3) is 3.36. The first kappa shape index (κ1) is 18.8. The molecule has 6 nitrogen and oxygen atoms in total. The molecular weight excluding hydrogens is 388 g/mol. The summed E-state index contributed by atoms with van der Waals surface area (Å²) in [7, 11) is 3.03. The van der Waals surface area contributed by atoms with Gasteiger partial charge in [-0.1, -0.05) is 24.3 Å². The van der Waals surface area contributed by atoms with Crippen molar-refractivity contribution in [2.24, 2.45) is 0 Å². The van der Waals surface area contributed by atoms with E-state index in [9.17, 15) is 9.59 Å². The number of rotatable bonds is 6. The number of benzene rings is 2. The molecule has 0 fully saturated rings. The fraction of sp³-hybridized carbons (Fsp3) is 0.0909. The molecule has 0 aliphatic carbocycles. The molecule has 0 saturated carbocycles. The normalized spacial score (nSPS) is 13.8. The topological polar surface area (TPSA) is 67.9 Å². The van der Waals surface area contributed by atoms with Crippen molar-refractivity contribution in [1.29, 1.82) is 0 Å². The molecule has 2 heterocycles. The van der Waals surface area contributed by atoms with E-state index in [4.69, 9.17) is 9.47 Å². The fourth-order valence-corrected chi connectivity index (χ4v) is 3.92. The largest absolute Gasteiger partial charge is 0.497 e. The Morgan fingerprint density at radius 1 is 0.897 bits per heavy atom. The first-order valence-electron chi connectivity index (χ1n) is 8.85. The average Bonchev–Trinajstić information content (AvgIpc) is 3.35. The molecule has 146 valence electrons. The van der Waals surface area contributed by atoms with Gasteiger partial charge in [-0.25, -0.2) is 4.90 Å². The molecule has 2 aromatic carbocycles. The van der Waals surface area contributed by atoms with Gasteiger partial charge >= 0.3 is 0 Å². The summed E-state index contributed by atoms with van der Waals surface area (Å²) in [6, 6.07) is 17.9. The van der Waals surface area contributed by atoms with Gasteiger partial charge in [-0.3, -0.25) is 9.59 Å². The number of nitrogens with zero attached hydrogens (tertiary/aromatic N) is 1. The Bertz CT molecular complexity index is 1090. The molecule has 0 radical (unpaired) electrons. The maximum atomic E-state index is 13.4. The second-order valence-electron chi connectivity index (χ2n) is 6.20. The molecule has 0 unspecified atom stereocenters. The van der Waals surface area contributed by atoms with Crippen LogP contribution in [0.3, 0.4) is 0 Å². The van der Waals surface area contributed by atoms with E-state index in [1.807, 2.05) is 47.8 Å². The number of imide groups is 1. The van der Waals surface area contributed by atoms with E-state index in [0.29, 0.717) is 22.8 Å². The number of carbonyl (C=O) groups is 2. The summed E-state index contributed by atoms with van der Waals surface area (Å²) >= 11 is 1.40. The Hall–Kier alpha value is -3.58. The van der Waals surface area contributed by atoms with Crippen LogP contribution in [0.1, 0.15) is 4.88 Å². The van der Waals surface area contributed by atoms with E-state index in [2.05, 4.69) is 5.32 Å². The zero-order valence-corrected chi connectivity index (χ0v) is 16.7. The molecule has 3 aromatic rings. The van der Waals surface area contributed by atoms with Crippen molar-refractivity contribution in [3.8, 4) is 11.5 Å². The van der Waals surface area contributed by atoms with Gasteiger partial charge in [0.2, 0.25) is 0 Å². The summed E-state index contributed by atoms with van der Waals surface area (Å²) in [5, 5.41) is 5.00. The number of hydrogen-bond donors (Lipinski definition) is 1. The number of amides is 2. The summed E-state index contributed by atoms with van der Waals surface area (Å²) in [5.41, 5.74) is 1.66. The number of ether oxygens (including phenoxy) is 2. The number of carbonyl (C=O) groups excluding carboxylic acids is 2. The third-order valence-corrected chi connectivity index (χ3v) is 5.41. The molecule has 4 rings (SSSR count). The molecule has 0 bridgehead atoms. The first-order chi connectivity index (χ1) is 14.1. The van der Waals surface area contributed by atoms with Gasteiger partial charge in [0.05, 0.1) is 25.5 Å². The zero-order valence-electron chi connectivity index (χ0n) is 15.8. The Balaban J connectivity index is 1.81. The van der Waals surface area contributed by atoms with Crippen molar-refractivity contribution in [2.75, 3.05) is 24.4 Å². The predicted molar refractivity (Wildman–Crippen MR) is 113 cm³/mol. The SMILES string of the molecule is COc1ccc(N2C(=O)C(Nc3ccccc3)=C(c3cccs3)C2=O)c(OC)c1. The highest BCUT2D eigenvalue weighted by Gasteiger charge is 2.41. The van der Waals surface area contributed by atoms with Gasteiger partial charge in [0.25, 0.3) is 11.8 Å². The van der Waals surface area contributed by atoms with Gasteiger partial charge < -0.3 is 14.8 Å².